The van der Waals surface area contributed by atoms with Gasteiger partial charge in [0.1, 0.15) is 5.75 Å². The predicted octanol–water partition coefficient (Wildman–Crippen LogP) is 2.89. The molecule has 0 saturated carbocycles. The molecule has 0 radical (unpaired) electrons. The maximum absolute atomic E-state index is 10.6. The zero-order chi connectivity index (χ0) is 21.1. The van der Waals surface area contributed by atoms with Crippen molar-refractivity contribution in [2.24, 2.45) is 11.8 Å². The molecule has 0 aromatic heterocycles. The number of piperidine rings is 1. The fraction of sp³-hybridized carbons (Fsp3) is 0.579. The molecule has 0 bridgehead atoms. The van der Waals surface area contributed by atoms with Gasteiger partial charge < -0.3 is 19.8 Å². The maximum Gasteiger partial charge on any atom is 0.414 e. The topological polar surface area (TPSA) is 130 Å². The monoisotopic (exact) mass is 396 g/mol. The number of hydrogen-bond acceptors (Lipinski definition) is 6. The molecular weight excluding hydrogens is 368 g/mol. The van der Waals surface area contributed by atoms with Crippen molar-refractivity contribution in [3.05, 3.63) is 34.4 Å². The summed E-state index contributed by atoms with van der Waals surface area (Å²) >= 11 is 0. The number of rotatable bonds is 7. The van der Waals surface area contributed by atoms with Gasteiger partial charge in [0.25, 0.3) is 5.69 Å². The van der Waals surface area contributed by atoms with Crippen LogP contribution >= 0.6 is 0 Å². The Bertz CT molecular complexity index is 626. The van der Waals surface area contributed by atoms with Gasteiger partial charge in [0.2, 0.25) is 0 Å². The van der Waals surface area contributed by atoms with Crippen LogP contribution in [0.25, 0.3) is 0 Å². The molecular formula is C19H28N2O7. The SMILES string of the molecule is CC1CC(C)CN(CCCCOc2ccc([N+](=O)[O-])cc2)C1.O=C(O)C(=O)O. The van der Waals surface area contributed by atoms with Gasteiger partial charge >= 0.3 is 11.9 Å². The summed E-state index contributed by atoms with van der Waals surface area (Å²) in [6.45, 7) is 8.90. The fourth-order valence-electron chi connectivity index (χ4n) is 3.27. The molecule has 2 rings (SSSR count). The molecule has 156 valence electrons. The molecule has 28 heavy (non-hydrogen) atoms. The summed E-state index contributed by atoms with van der Waals surface area (Å²) in [5, 5.41) is 25.4. The number of unbranched alkanes of at least 4 members (excludes halogenated alkanes) is 1. The van der Waals surface area contributed by atoms with Crippen LogP contribution in [0.2, 0.25) is 0 Å². The molecule has 1 aromatic carbocycles. The number of nitro groups is 1. The van der Waals surface area contributed by atoms with Crippen LogP contribution in [0, 0.1) is 22.0 Å². The van der Waals surface area contributed by atoms with E-state index < -0.39 is 16.9 Å². The van der Waals surface area contributed by atoms with Crippen LogP contribution in [0.5, 0.6) is 5.75 Å². The van der Waals surface area contributed by atoms with E-state index in [-0.39, 0.29) is 5.69 Å². The lowest BCUT2D eigenvalue weighted by molar-refractivity contribution is -0.384. The summed E-state index contributed by atoms with van der Waals surface area (Å²) in [5.41, 5.74) is 0.0979. The van der Waals surface area contributed by atoms with E-state index in [9.17, 15) is 10.1 Å². The number of likely N-dealkylation sites (tertiary alicyclic amines) is 1. The third-order valence-corrected chi connectivity index (χ3v) is 4.31. The van der Waals surface area contributed by atoms with E-state index in [2.05, 4.69) is 18.7 Å². The third-order valence-electron chi connectivity index (χ3n) is 4.31. The number of carboxylic acids is 2. The summed E-state index contributed by atoms with van der Waals surface area (Å²) in [5.74, 6) is -1.34. The van der Waals surface area contributed by atoms with Crippen molar-refractivity contribution in [2.45, 2.75) is 33.1 Å². The molecule has 2 N–H and O–H groups in total. The summed E-state index contributed by atoms with van der Waals surface area (Å²) in [7, 11) is 0. The minimum Gasteiger partial charge on any atom is -0.494 e. The van der Waals surface area contributed by atoms with Gasteiger partial charge in [-0.2, -0.15) is 0 Å². The van der Waals surface area contributed by atoms with E-state index in [1.807, 2.05) is 0 Å². The minimum absolute atomic E-state index is 0.0979. The Morgan fingerprint density at radius 1 is 1.11 bits per heavy atom. The zero-order valence-corrected chi connectivity index (χ0v) is 16.2. The van der Waals surface area contributed by atoms with Crippen LogP contribution in [0.1, 0.15) is 33.1 Å². The highest BCUT2D eigenvalue weighted by atomic mass is 16.6. The Morgan fingerprint density at radius 2 is 1.64 bits per heavy atom. The molecule has 9 heteroatoms. The van der Waals surface area contributed by atoms with Crippen LogP contribution in [-0.4, -0.2) is 58.2 Å². The van der Waals surface area contributed by atoms with Crippen molar-refractivity contribution in [3.63, 3.8) is 0 Å². The molecule has 0 spiro atoms. The van der Waals surface area contributed by atoms with E-state index in [1.165, 1.54) is 31.6 Å². The number of nitrogens with zero attached hydrogens (tertiary/aromatic N) is 2. The number of non-ortho nitro benzene ring substituents is 1. The van der Waals surface area contributed by atoms with Crippen molar-refractivity contribution in [1.82, 2.24) is 4.90 Å². The van der Waals surface area contributed by atoms with E-state index in [4.69, 9.17) is 24.5 Å². The van der Waals surface area contributed by atoms with Crippen LogP contribution in [0.4, 0.5) is 5.69 Å². The molecule has 1 aromatic rings. The van der Waals surface area contributed by atoms with E-state index in [0.29, 0.717) is 12.4 Å². The zero-order valence-electron chi connectivity index (χ0n) is 16.2. The summed E-state index contributed by atoms with van der Waals surface area (Å²) in [4.78, 5) is 30.9. The number of carboxylic acid groups (broad SMARTS) is 2. The van der Waals surface area contributed by atoms with Crippen LogP contribution in [0.15, 0.2) is 24.3 Å². The maximum atomic E-state index is 10.6. The van der Waals surface area contributed by atoms with E-state index in [1.54, 1.807) is 12.1 Å². The molecule has 1 heterocycles. The molecule has 1 saturated heterocycles. The van der Waals surface area contributed by atoms with Crippen molar-refractivity contribution >= 4 is 17.6 Å². The Morgan fingerprint density at radius 3 is 2.11 bits per heavy atom. The van der Waals surface area contributed by atoms with Gasteiger partial charge in [-0.05, 0) is 49.8 Å². The van der Waals surface area contributed by atoms with Gasteiger partial charge in [-0.1, -0.05) is 13.8 Å². The van der Waals surface area contributed by atoms with E-state index >= 15 is 0 Å². The summed E-state index contributed by atoms with van der Waals surface area (Å²) in [6.07, 6.45) is 3.49. The Kier molecular flexibility index (Phi) is 9.94. The highest BCUT2D eigenvalue weighted by Gasteiger charge is 2.20. The Labute approximate surface area is 164 Å². The predicted molar refractivity (Wildman–Crippen MR) is 102 cm³/mol. The first-order valence-electron chi connectivity index (χ1n) is 9.24. The van der Waals surface area contributed by atoms with Crippen molar-refractivity contribution in [3.8, 4) is 5.75 Å². The molecule has 2 atom stereocenters. The smallest absolute Gasteiger partial charge is 0.414 e. The highest BCUT2D eigenvalue weighted by molar-refractivity contribution is 6.27. The first-order valence-corrected chi connectivity index (χ1v) is 9.24. The number of aliphatic carboxylic acids is 2. The van der Waals surface area contributed by atoms with Gasteiger partial charge in [-0.15, -0.1) is 0 Å². The fourth-order valence-corrected chi connectivity index (χ4v) is 3.27. The largest absolute Gasteiger partial charge is 0.494 e. The number of nitro benzene ring substituents is 1. The molecule has 1 fully saturated rings. The second-order valence-electron chi connectivity index (χ2n) is 7.12. The first-order chi connectivity index (χ1) is 13.2. The Balaban J connectivity index is 0.000000568. The summed E-state index contributed by atoms with van der Waals surface area (Å²) < 4.78 is 5.63. The van der Waals surface area contributed by atoms with Crippen molar-refractivity contribution < 1.29 is 29.5 Å². The normalized spacial score (nSPS) is 19.2. The van der Waals surface area contributed by atoms with Gasteiger partial charge in [-0.3, -0.25) is 10.1 Å². The second kappa shape index (κ2) is 11.9. The number of benzene rings is 1. The minimum atomic E-state index is -1.82. The molecule has 9 nitrogen and oxygen atoms in total. The molecule has 1 aliphatic rings. The number of ether oxygens (including phenoxy) is 1. The molecule has 2 unspecified atom stereocenters. The van der Waals surface area contributed by atoms with Crippen LogP contribution in [0.3, 0.4) is 0 Å². The van der Waals surface area contributed by atoms with Crippen molar-refractivity contribution in [2.75, 3.05) is 26.2 Å². The molecule has 1 aliphatic heterocycles. The third kappa shape index (κ3) is 9.31. The molecule has 0 aliphatic carbocycles. The van der Waals surface area contributed by atoms with Crippen LogP contribution in [-0.2, 0) is 9.59 Å². The van der Waals surface area contributed by atoms with Gasteiger partial charge in [0, 0.05) is 25.2 Å². The number of hydrogen-bond donors (Lipinski definition) is 2. The quantitative estimate of drug-likeness (QED) is 0.311. The standard InChI is InChI=1S/C17H26N2O3.C2H2O4/c1-14-11-15(2)13-18(12-14)9-3-4-10-22-17-7-5-16(6-8-17)19(20)21;3-1(4)2(5)6/h5-8,14-15H,3-4,9-13H2,1-2H3;(H,3,4)(H,5,6). The van der Waals surface area contributed by atoms with Gasteiger partial charge in [0.15, 0.2) is 0 Å². The lowest BCUT2D eigenvalue weighted by Gasteiger charge is -2.34. The summed E-state index contributed by atoms with van der Waals surface area (Å²) in [6, 6.07) is 6.27. The average Bonchev–Trinajstić information content (AvgIpc) is 2.61. The number of carbonyl (C=O) groups is 2. The van der Waals surface area contributed by atoms with Gasteiger partial charge in [0.05, 0.1) is 11.5 Å². The van der Waals surface area contributed by atoms with Gasteiger partial charge in [-0.25, -0.2) is 9.59 Å². The lowest BCUT2D eigenvalue weighted by atomic mass is 9.92. The Hall–Kier alpha value is -2.68. The lowest BCUT2D eigenvalue weighted by Crippen LogP contribution is -2.39. The average molecular weight is 396 g/mol. The highest BCUT2D eigenvalue weighted by Crippen LogP contribution is 2.21. The second-order valence-corrected chi connectivity index (χ2v) is 7.12. The molecule has 0 amide bonds. The van der Waals surface area contributed by atoms with Crippen LogP contribution < -0.4 is 4.74 Å². The van der Waals surface area contributed by atoms with Crippen molar-refractivity contribution in [1.29, 1.82) is 0 Å². The first kappa shape index (κ1) is 23.4. The van der Waals surface area contributed by atoms with E-state index in [0.717, 1.165) is 31.2 Å².